The molecule has 4 N–H and O–H groups in total. The molecule has 0 radical (unpaired) electrons. The summed E-state index contributed by atoms with van der Waals surface area (Å²) in [5, 5.41) is 4.81. The summed E-state index contributed by atoms with van der Waals surface area (Å²) in [5.41, 5.74) is 5.71. The van der Waals surface area contributed by atoms with E-state index in [0.29, 0.717) is 12.4 Å². The van der Waals surface area contributed by atoms with Crippen LogP contribution >= 0.6 is 0 Å². The summed E-state index contributed by atoms with van der Waals surface area (Å²) in [6.45, 7) is 0.471. The van der Waals surface area contributed by atoms with Crippen molar-refractivity contribution in [2.24, 2.45) is 5.73 Å². The van der Waals surface area contributed by atoms with Crippen LogP contribution in [0.3, 0.4) is 0 Å². The first-order chi connectivity index (χ1) is 8.11. The quantitative estimate of drug-likeness (QED) is 0.633. The van der Waals surface area contributed by atoms with Gasteiger partial charge in [-0.3, -0.25) is 10.1 Å². The number of rotatable bonds is 5. The van der Waals surface area contributed by atoms with Crippen LogP contribution in [0.4, 0.5) is 4.79 Å². The number of primary amides is 1. The maximum Gasteiger partial charge on any atom is 0.318 e. The molecule has 0 aliphatic carbocycles. The lowest BCUT2D eigenvalue weighted by Crippen LogP contribution is -2.40. The van der Waals surface area contributed by atoms with Gasteiger partial charge in [-0.2, -0.15) is 0 Å². The number of nitrogens with zero attached hydrogens (tertiary/aromatic N) is 1. The van der Waals surface area contributed by atoms with Gasteiger partial charge >= 0.3 is 6.03 Å². The third-order valence-electron chi connectivity index (χ3n) is 1.89. The fourth-order valence-corrected chi connectivity index (χ4v) is 1.17. The number of amides is 3. The Morgan fingerprint density at radius 3 is 2.94 bits per heavy atom. The highest BCUT2D eigenvalue weighted by Crippen LogP contribution is 2.07. The monoisotopic (exact) mass is 238 g/mol. The lowest BCUT2D eigenvalue weighted by Gasteiger charge is -2.05. The van der Waals surface area contributed by atoms with E-state index in [1.807, 2.05) is 5.32 Å². The van der Waals surface area contributed by atoms with Gasteiger partial charge in [-0.05, 0) is 11.6 Å². The predicted octanol–water partition coefficient (Wildman–Crippen LogP) is -0.625. The first-order valence-electron chi connectivity index (χ1n) is 4.90. The number of hydrogen-bond acceptors (Lipinski definition) is 5. The molecule has 7 nitrogen and oxygen atoms in total. The molecule has 3 amide bonds. The first kappa shape index (κ1) is 12.9. The number of carbonyl (C=O) groups is 2. The van der Waals surface area contributed by atoms with E-state index in [-0.39, 0.29) is 6.54 Å². The van der Waals surface area contributed by atoms with Gasteiger partial charge in [-0.25, -0.2) is 9.78 Å². The van der Waals surface area contributed by atoms with Crippen molar-refractivity contribution in [2.45, 2.75) is 6.54 Å². The van der Waals surface area contributed by atoms with E-state index in [0.717, 1.165) is 5.56 Å². The maximum atomic E-state index is 11.1. The van der Waals surface area contributed by atoms with Crippen molar-refractivity contribution in [3.63, 3.8) is 0 Å². The molecule has 1 aromatic heterocycles. The molecule has 0 aliphatic rings. The zero-order chi connectivity index (χ0) is 12.7. The van der Waals surface area contributed by atoms with Crippen LogP contribution in [0.2, 0.25) is 0 Å². The zero-order valence-corrected chi connectivity index (χ0v) is 9.40. The van der Waals surface area contributed by atoms with Gasteiger partial charge < -0.3 is 15.8 Å². The molecule has 7 heteroatoms. The van der Waals surface area contributed by atoms with E-state index in [1.54, 1.807) is 18.3 Å². The van der Waals surface area contributed by atoms with Crippen molar-refractivity contribution in [1.82, 2.24) is 15.6 Å². The lowest BCUT2D eigenvalue weighted by atomic mass is 10.2. The van der Waals surface area contributed by atoms with Crippen LogP contribution in [0.1, 0.15) is 5.56 Å². The Balaban J connectivity index is 2.35. The lowest BCUT2D eigenvalue weighted by molar-refractivity contribution is -0.119. The molecule has 1 rings (SSSR count). The molecule has 1 aromatic rings. The summed E-state index contributed by atoms with van der Waals surface area (Å²) in [6, 6.07) is 2.68. The molecule has 0 saturated heterocycles. The van der Waals surface area contributed by atoms with Crippen molar-refractivity contribution >= 4 is 11.9 Å². The topological polar surface area (TPSA) is 106 Å². The Morgan fingerprint density at radius 2 is 2.29 bits per heavy atom. The Hall–Kier alpha value is -2.15. The fraction of sp³-hybridized carbons (Fsp3) is 0.300. The molecule has 92 valence electrons. The number of urea groups is 1. The summed E-state index contributed by atoms with van der Waals surface area (Å²) in [6.07, 6.45) is 1.61. The SMILES string of the molecule is COc1cc(CNCC(=O)NC(N)=O)ccn1. The molecular weight excluding hydrogens is 224 g/mol. The van der Waals surface area contributed by atoms with Crippen LogP contribution in [0.5, 0.6) is 5.88 Å². The number of ether oxygens (including phenoxy) is 1. The maximum absolute atomic E-state index is 11.1. The van der Waals surface area contributed by atoms with Crippen LogP contribution in [0.15, 0.2) is 18.3 Å². The highest BCUT2D eigenvalue weighted by molar-refractivity contribution is 5.94. The van der Waals surface area contributed by atoms with Crippen molar-refractivity contribution < 1.29 is 14.3 Å². The summed E-state index contributed by atoms with van der Waals surface area (Å²) >= 11 is 0. The Bertz CT molecular complexity index is 408. The number of nitrogens with one attached hydrogen (secondary N) is 2. The van der Waals surface area contributed by atoms with Gasteiger partial charge in [0.25, 0.3) is 0 Å². The van der Waals surface area contributed by atoms with Gasteiger partial charge in [-0.15, -0.1) is 0 Å². The predicted molar refractivity (Wildman–Crippen MR) is 60.2 cm³/mol. The highest BCUT2D eigenvalue weighted by Gasteiger charge is 2.03. The Labute approximate surface area is 98.4 Å². The Kier molecular flexibility index (Phi) is 4.89. The summed E-state index contributed by atoms with van der Waals surface area (Å²) < 4.78 is 4.96. The largest absolute Gasteiger partial charge is 0.481 e. The van der Waals surface area contributed by atoms with Crippen molar-refractivity contribution in [3.8, 4) is 5.88 Å². The molecule has 0 fully saturated rings. The Morgan fingerprint density at radius 1 is 1.53 bits per heavy atom. The van der Waals surface area contributed by atoms with Gasteiger partial charge in [0.2, 0.25) is 11.8 Å². The molecule has 0 spiro atoms. The summed E-state index contributed by atoms with van der Waals surface area (Å²) in [7, 11) is 1.53. The molecular formula is C10H14N4O3. The molecule has 0 unspecified atom stereocenters. The number of nitrogens with two attached hydrogens (primary N) is 1. The van der Waals surface area contributed by atoms with E-state index in [9.17, 15) is 9.59 Å². The number of imide groups is 1. The van der Waals surface area contributed by atoms with Crippen molar-refractivity contribution in [1.29, 1.82) is 0 Å². The minimum absolute atomic E-state index is 0.00752. The molecule has 1 heterocycles. The minimum Gasteiger partial charge on any atom is -0.481 e. The molecule has 17 heavy (non-hydrogen) atoms. The van der Waals surface area contributed by atoms with Crippen molar-refractivity contribution in [3.05, 3.63) is 23.9 Å². The average Bonchev–Trinajstić information content (AvgIpc) is 2.28. The average molecular weight is 238 g/mol. The fourth-order valence-electron chi connectivity index (χ4n) is 1.17. The first-order valence-corrected chi connectivity index (χ1v) is 4.90. The molecule has 0 saturated carbocycles. The number of hydrogen-bond donors (Lipinski definition) is 3. The van der Waals surface area contributed by atoms with Gasteiger partial charge in [0.15, 0.2) is 0 Å². The van der Waals surface area contributed by atoms with Crippen LogP contribution in [0.25, 0.3) is 0 Å². The van der Waals surface area contributed by atoms with Crippen LogP contribution in [0, 0.1) is 0 Å². The van der Waals surface area contributed by atoms with E-state index in [2.05, 4.69) is 10.3 Å². The third-order valence-corrected chi connectivity index (χ3v) is 1.89. The van der Waals surface area contributed by atoms with E-state index in [4.69, 9.17) is 10.5 Å². The summed E-state index contributed by atoms with van der Waals surface area (Å²) in [4.78, 5) is 25.4. The van der Waals surface area contributed by atoms with Gasteiger partial charge in [0.1, 0.15) is 0 Å². The minimum atomic E-state index is -0.859. The van der Waals surface area contributed by atoms with E-state index in [1.165, 1.54) is 7.11 Å². The van der Waals surface area contributed by atoms with Gasteiger partial charge in [-0.1, -0.05) is 0 Å². The second kappa shape index (κ2) is 6.44. The van der Waals surface area contributed by atoms with Crippen LogP contribution in [-0.4, -0.2) is 30.6 Å². The second-order valence-corrected chi connectivity index (χ2v) is 3.22. The van der Waals surface area contributed by atoms with Gasteiger partial charge in [0, 0.05) is 18.8 Å². The third kappa shape index (κ3) is 4.94. The van der Waals surface area contributed by atoms with E-state index >= 15 is 0 Å². The number of aromatic nitrogens is 1. The van der Waals surface area contributed by atoms with Crippen LogP contribution in [-0.2, 0) is 11.3 Å². The second-order valence-electron chi connectivity index (χ2n) is 3.22. The number of pyridine rings is 1. The number of carbonyl (C=O) groups excluding carboxylic acids is 2. The van der Waals surface area contributed by atoms with Crippen molar-refractivity contribution in [2.75, 3.05) is 13.7 Å². The van der Waals surface area contributed by atoms with E-state index < -0.39 is 11.9 Å². The normalized spacial score (nSPS) is 9.71. The number of methoxy groups -OCH3 is 1. The molecule has 0 atom stereocenters. The summed E-state index contributed by atoms with van der Waals surface area (Å²) in [5.74, 6) is 0.0319. The zero-order valence-electron chi connectivity index (χ0n) is 9.40. The highest BCUT2D eigenvalue weighted by atomic mass is 16.5. The standard InChI is InChI=1S/C10H14N4O3/c1-17-9-4-7(2-3-13-9)5-12-6-8(15)14-10(11)16/h2-4,12H,5-6H2,1H3,(H3,11,14,15,16). The smallest absolute Gasteiger partial charge is 0.318 e. The molecule has 0 aliphatic heterocycles. The molecule has 0 bridgehead atoms. The van der Waals surface area contributed by atoms with Gasteiger partial charge in [0.05, 0.1) is 13.7 Å². The van der Waals surface area contributed by atoms with Crippen LogP contribution < -0.4 is 21.1 Å². The molecule has 0 aromatic carbocycles.